The molecule has 2 aromatic rings. The molecule has 0 N–H and O–H groups in total. The number of hydrogen-bond acceptors (Lipinski definition) is 7. The minimum atomic E-state index is -3.17. The standard InChI is InChI=1S/C23H27F2N3O5S/c1-34(30,31)15-2-6-28(7-3-15)22(29)17-14-26-20-13-19(25)18(24)12-16(20)21(17)27-8-4-23(5-9-27)32-10-11-33-23/h12-15H,2-11H2,1H3. The van der Waals surface area contributed by atoms with E-state index in [0.717, 1.165) is 12.1 Å². The van der Waals surface area contributed by atoms with Gasteiger partial charge in [-0.15, -0.1) is 0 Å². The summed E-state index contributed by atoms with van der Waals surface area (Å²) in [6.45, 7) is 2.70. The van der Waals surface area contributed by atoms with Gasteiger partial charge in [0.2, 0.25) is 0 Å². The average molecular weight is 496 g/mol. The van der Waals surface area contributed by atoms with Gasteiger partial charge in [-0.2, -0.15) is 0 Å². The number of piperidine rings is 2. The van der Waals surface area contributed by atoms with E-state index in [4.69, 9.17) is 9.47 Å². The lowest BCUT2D eigenvalue weighted by molar-refractivity contribution is -0.169. The molecule has 3 fully saturated rings. The van der Waals surface area contributed by atoms with Crippen LogP contribution in [0.5, 0.6) is 0 Å². The Kier molecular flexibility index (Phi) is 5.97. The molecule has 4 heterocycles. The van der Waals surface area contributed by atoms with Crippen LogP contribution in [0.3, 0.4) is 0 Å². The molecule has 3 aliphatic heterocycles. The number of carbonyl (C=O) groups is 1. The molecule has 0 bridgehead atoms. The summed E-state index contributed by atoms with van der Waals surface area (Å²) in [5.74, 6) is -2.94. The SMILES string of the molecule is CS(=O)(=O)C1CCN(C(=O)c2cnc3cc(F)c(F)cc3c2N2CCC3(CC2)OCCO3)CC1. The van der Waals surface area contributed by atoms with Gasteiger partial charge in [0.25, 0.3) is 5.91 Å². The van der Waals surface area contributed by atoms with Crippen LogP contribution in [0.25, 0.3) is 10.9 Å². The topological polar surface area (TPSA) is 89.0 Å². The summed E-state index contributed by atoms with van der Waals surface area (Å²) in [5.41, 5.74) is 1.06. The van der Waals surface area contributed by atoms with Crippen molar-refractivity contribution in [3.05, 3.63) is 35.5 Å². The second kappa shape index (κ2) is 8.69. The number of pyridine rings is 1. The third kappa shape index (κ3) is 4.25. The second-order valence-electron chi connectivity index (χ2n) is 9.22. The van der Waals surface area contributed by atoms with E-state index in [1.807, 2.05) is 4.90 Å². The zero-order chi connectivity index (χ0) is 24.1. The molecule has 0 saturated carbocycles. The maximum atomic E-state index is 14.3. The first-order chi connectivity index (χ1) is 16.2. The molecule has 1 spiro atoms. The number of nitrogens with zero attached hydrogens (tertiary/aromatic N) is 3. The Morgan fingerprint density at radius 1 is 1.06 bits per heavy atom. The number of benzene rings is 1. The van der Waals surface area contributed by atoms with Gasteiger partial charge in [-0.05, 0) is 18.9 Å². The predicted octanol–water partition coefficient (Wildman–Crippen LogP) is 2.51. The van der Waals surface area contributed by atoms with Gasteiger partial charge in [0.15, 0.2) is 17.4 Å². The van der Waals surface area contributed by atoms with Gasteiger partial charge in [0.05, 0.1) is 35.2 Å². The van der Waals surface area contributed by atoms with E-state index in [1.54, 1.807) is 4.90 Å². The van der Waals surface area contributed by atoms with Gasteiger partial charge in [-0.1, -0.05) is 0 Å². The molecule has 0 aliphatic carbocycles. The highest BCUT2D eigenvalue weighted by atomic mass is 32.2. The number of halogens is 2. The molecule has 1 aromatic carbocycles. The van der Waals surface area contributed by atoms with Crippen LogP contribution in [0.1, 0.15) is 36.0 Å². The lowest BCUT2D eigenvalue weighted by atomic mass is 9.99. The van der Waals surface area contributed by atoms with Crippen molar-refractivity contribution in [1.29, 1.82) is 0 Å². The third-order valence-electron chi connectivity index (χ3n) is 7.10. The van der Waals surface area contributed by atoms with E-state index >= 15 is 0 Å². The molecular formula is C23H27F2N3O5S. The van der Waals surface area contributed by atoms with Crippen molar-refractivity contribution in [1.82, 2.24) is 9.88 Å². The number of rotatable bonds is 3. The van der Waals surface area contributed by atoms with E-state index in [0.29, 0.717) is 81.7 Å². The molecular weight excluding hydrogens is 468 g/mol. The molecule has 5 rings (SSSR count). The van der Waals surface area contributed by atoms with Crippen molar-refractivity contribution in [2.24, 2.45) is 0 Å². The van der Waals surface area contributed by atoms with Crippen LogP contribution in [0.2, 0.25) is 0 Å². The van der Waals surface area contributed by atoms with E-state index in [9.17, 15) is 22.0 Å². The number of amides is 1. The Labute approximate surface area is 196 Å². The number of anilines is 1. The van der Waals surface area contributed by atoms with Crippen LogP contribution in [-0.4, -0.2) is 80.9 Å². The first-order valence-electron chi connectivity index (χ1n) is 11.5. The summed E-state index contributed by atoms with van der Waals surface area (Å²) in [6, 6.07) is 2.13. The van der Waals surface area contributed by atoms with Gasteiger partial charge >= 0.3 is 0 Å². The minimum Gasteiger partial charge on any atom is -0.370 e. The summed E-state index contributed by atoms with van der Waals surface area (Å²) in [7, 11) is -3.17. The predicted molar refractivity (Wildman–Crippen MR) is 122 cm³/mol. The Morgan fingerprint density at radius 2 is 1.68 bits per heavy atom. The summed E-state index contributed by atoms with van der Waals surface area (Å²) in [5, 5.41) is -0.104. The van der Waals surface area contributed by atoms with Crippen molar-refractivity contribution >= 4 is 32.3 Å². The smallest absolute Gasteiger partial charge is 0.257 e. The number of sulfone groups is 1. The van der Waals surface area contributed by atoms with Crippen molar-refractivity contribution in [2.45, 2.75) is 36.7 Å². The number of hydrogen-bond donors (Lipinski definition) is 0. The molecule has 0 radical (unpaired) electrons. The van der Waals surface area contributed by atoms with Crippen molar-refractivity contribution in [2.75, 3.05) is 50.5 Å². The van der Waals surface area contributed by atoms with Crippen LogP contribution in [0.4, 0.5) is 14.5 Å². The lowest BCUT2D eigenvalue weighted by Crippen LogP contribution is -2.46. The van der Waals surface area contributed by atoms with Gasteiger partial charge in [0, 0.05) is 62.9 Å². The van der Waals surface area contributed by atoms with Gasteiger partial charge < -0.3 is 19.3 Å². The molecule has 34 heavy (non-hydrogen) atoms. The second-order valence-corrected chi connectivity index (χ2v) is 11.5. The molecule has 1 aromatic heterocycles. The molecule has 1 amide bonds. The zero-order valence-corrected chi connectivity index (χ0v) is 19.7. The van der Waals surface area contributed by atoms with E-state index in [-0.39, 0.29) is 11.4 Å². The van der Waals surface area contributed by atoms with Crippen LogP contribution >= 0.6 is 0 Å². The summed E-state index contributed by atoms with van der Waals surface area (Å²) in [6.07, 6.45) is 4.51. The molecule has 184 valence electrons. The summed E-state index contributed by atoms with van der Waals surface area (Å²) in [4.78, 5) is 21.4. The number of likely N-dealkylation sites (tertiary alicyclic amines) is 1. The van der Waals surface area contributed by atoms with Gasteiger partial charge in [-0.3, -0.25) is 9.78 Å². The zero-order valence-electron chi connectivity index (χ0n) is 18.9. The number of carbonyl (C=O) groups excluding carboxylic acids is 1. The Bertz CT molecular complexity index is 1210. The largest absolute Gasteiger partial charge is 0.370 e. The maximum absolute atomic E-state index is 14.3. The van der Waals surface area contributed by atoms with Crippen LogP contribution in [0.15, 0.2) is 18.3 Å². The van der Waals surface area contributed by atoms with Crippen LogP contribution in [0, 0.1) is 11.6 Å². The normalized spacial score (nSPS) is 21.5. The molecule has 11 heteroatoms. The monoisotopic (exact) mass is 495 g/mol. The third-order valence-corrected chi connectivity index (χ3v) is 8.78. The van der Waals surface area contributed by atoms with E-state index in [2.05, 4.69) is 4.98 Å². The number of aromatic nitrogens is 1. The fraction of sp³-hybridized carbons (Fsp3) is 0.565. The average Bonchev–Trinajstić information content (AvgIpc) is 3.27. The Hall–Kier alpha value is -2.37. The Balaban J connectivity index is 1.49. The quantitative estimate of drug-likeness (QED) is 0.647. The van der Waals surface area contributed by atoms with Crippen LogP contribution in [-0.2, 0) is 19.3 Å². The summed E-state index contributed by atoms with van der Waals surface area (Å²) >= 11 is 0. The Morgan fingerprint density at radius 3 is 2.29 bits per heavy atom. The first-order valence-corrected chi connectivity index (χ1v) is 13.4. The minimum absolute atomic E-state index is 0.259. The first kappa shape index (κ1) is 23.4. The van der Waals surface area contributed by atoms with Gasteiger partial charge in [-0.25, -0.2) is 17.2 Å². The summed E-state index contributed by atoms with van der Waals surface area (Å²) < 4.78 is 63.6. The molecule has 0 atom stereocenters. The maximum Gasteiger partial charge on any atom is 0.257 e. The highest BCUT2D eigenvalue weighted by Gasteiger charge is 2.41. The molecule has 0 unspecified atom stereocenters. The molecule has 3 saturated heterocycles. The van der Waals surface area contributed by atoms with Crippen molar-refractivity contribution in [3.63, 3.8) is 0 Å². The number of fused-ring (bicyclic) bond motifs is 1. The van der Waals surface area contributed by atoms with Crippen molar-refractivity contribution < 1.29 is 31.5 Å². The number of ether oxygens (including phenoxy) is 2. The fourth-order valence-corrected chi connectivity index (χ4v) is 6.25. The molecule has 3 aliphatic rings. The lowest BCUT2D eigenvalue weighted by Gasteiger charge is -2.40. The molecule has 8 nitrogen and oxygen atoms in total. The van der Waals surface area contributed by atoms with Gasteiger partial charge in [0.1, 0.15) is 9.84 Å². The van der Waals surface area contributed by atoms with E-state index in [1.165, 1.54) is 12.5 Å². The van der Waals surface area contributed by atoms with Crippen molar-refractivity contribution in [3.8, 4) is 0 Å². The highest BCUT2D eigenvalue weighted by Crippen LogP contribution is 2.38. The highest BCUT2D eigenvalue weighted by molar-refractivity contribution is 7.91. The fourth-order valence-electron chi connectivity index (χ4n) is 5.18. The van der Waals surface area contributed by atoms with E-state index < -0.39 is 32.5 Å². The van der Waals surface area contributed by atoms with Crippen LogP contribution < -0.4 is 4.90 Å².